The normalized spacial score (nSPS) is 12.5. The number of Topliss-reactive ketones (excluding diaryl/α,β-unsaturated/α-hetero) is 1. The van der Waals surface area contributed by atoms with Gasteiger partial charge >= 0.3 is 5.97 Å². The SMILES string of the molecule is COc1cccc(C(=O)Oc2ccc3c(c2C)OC(=C(C)C)C3=O)c1. The maximum Gasteiger partial charge on any atom is 0.343 e. The summed E-state index contributed by atoms with van der Waals surface area (Å²) < 4.78 is 16.3. The molecule has 0 radical (unpaired) electrons. The van der Waals surface area contributed by atoms with Gasteiger partial charge in [-0.3, -0.25) is 4.79 Å². The fourth-order valence-electron chi connectivity index (χ4n) is 2.60. The Labute approximate surface area is 145 Å². The number of rotatable bonds is 3. The van der Waals surface area contributed by atoms with E-state index in [-0.39, 0.29) is 5.78 Å². The second-order valence-corrected chi connectivity index (χ2v) is 5.95. The molecule has 128 valence electrons. The Morgan fingerprint density at radius 1 is 1.12 bits per heavy atom. The molecule has 5 heteroatoms. The highest BCUT2D eigenvalue weighted by Gasteiger charge is 2.31. The summed E-state index contributed by atoms with van der Waals surface area (Å²) in [6.07, 6.45) is 0. The summed E-state index contributed by atoms with van der Waals surface area (Å²) in [5.74, 6) is 1.04. The van der Waals surface area contributed by atoms with Gasteiger partial charge in [0, 0.05) is 5.56 Å². The van der Waals surface area contributed by atoms with Crippen LogP contribution in [0.5, 0.6) is 17.2 Å². The number of ether oxygens (including phenoxy) is 3. The van der Waals surface area contributed by atoms with Crippen molar-refractivity contribution < 1.29 is 23.8 Å². The molecule has 3 rings (SSSR count). The first-order chi connectivity index (χ1) is 11.9. The molecule has 25 heavy (non-hydrogen) atoms. The molecular weight excluding hydrogens is 320 g/mol. The average molecular weight is 338 g/mol. The van der Waals surface area contributed by atoms with Crippen LogP contribution in [0.2, 0.25) is 0 Å². The molecule has 0 aromatic heterocycles. The second-order valence-electron chi connectivity index (χ2n) is 5.95. The third-order valence-electron chi connectivity index (χ3n) is 3.97. The molecule has 0 aliphatic carbocycles. The van der Waals surface area contributed by atoms with Gasteiger partial charge in [-0.1, -0.05) is 6.07 Å². The molecule has 1 aliphatic rings. The Morgan fingerprint density at radius 2 is 1.88 bits per heavy atom. The van der Waals surface area contributed by atoms with Crippen molar-refractivity contribution in [3.63, 3.8) is 0 Å². The molecule has 0 atom stereocenters. The highest BCUT2D eigenvalue weighted by atomic mass is 16.5. The molecule has 2 aromatic rings. The zero-order chi connectivity index (χ0) is 18.1. The van der Waals surface area contributed by atoms with Gasteiger partial charge in [-0.2, -0.15) is 0 Å². The Balaban J connectivity index is 1.91. The molecular formula is C20H18O5. The lowest BCUT2D eigenvalue weighted by Crippen LogP contribution is -2.09. The summed E-state index contributed by atoms with van der Waals surface area (Å²) >= 11 is 0. The van der Waals surface area contributed by atoms with Crippen molar-refractivity contribution >= 4 is 11.8 Å². The molecule has 0 unspecified atom stereocenters. The van der Waals surface area contributed by atoms with Crippen molar-refractivity contribution in [1.29, 1.82) is 0 Å². The first-order valence-electron chi connectivity index (χ1n) is 7.82. The van der Waals surface area contributed by atoms with Crippen LogP contribution in [0.15, 0.2) is 47.7 Å². The second kappa shape index (κ2) is 6.43. The summed E-state index contributed by atoms with van der Waals surface area (Å²) in [7, 11) is 1.53. The van der Waals surface area contributed by atoms with Gasteiger partial charge in [-0.05, 0) is 56.7 Å². The monoisotopic (exact) mass is 338 g/mol. The Bertz CT molecular complexity index is 904. The van der Waals surface area contributed by atoms with E-state index in [9.17, 15) is 9.59 Å². The van der Waals surface area contributed by atoms with Crippen molar-refractivity contribution in [1.82, 2.24) is 0 Å². The van der Waals surface area contributed by atoms with E-state index in [1.165, 1.54) is 7.11 Å². The molecule has 5 nitrogen and oxygen atoms in total. The summed E-state index contributed by atoms with van der Waals surface area (Å²) in [4.78, 5) is 24.7. The third kappa shape index (κ3) is 3.01. The number of hydrogen-bond donors (Lipinski definition) is 0. The molecule has 0 saturated heterocycles. The van der Waals surface area contributed by atoms with E-state index in [2.05, 4.69) is 0 Å². The highest BCUT2D eigenvalue weighted by molar-refractivity contribution is 6.13. The molecule has 0 spiro atoms. The predicted octanol–water partition coefficient (Wildman–Crippen LogP) is 4.09. The van der Waals surface area contributed by atoms with E-state index in [0.29, 0.717) is 39.7 Å². The van der Waals surface area contributed by atoms with Gasteiger partial charge in [0.25, 0.3) is 0 Å². The fourth-order valence-corrected chi connectivity index (χ4v) is 2.60. The summed E-state index contributed by atoms with van der Waals surface area (Å²) in [5.41, 5.74) is 2.27. The number of carbonyl (C=O) groups excluding carboxylic acids is 2. The standard InChI is InChI=1S/C20H18O5/c1-11(2)18-17(21)15-8-9-16(12(3)19(15)25-18)24-20(22)13-6-5-7-14(10-13)23-4/h5-10H,1-4H3. The molecule has 0 N–H and O–H groups in total. The van der Waals surface area contributed by atoms with Crippen LogP contribution in [-0.2, 0) is 0 Å². The van der Waals surface area contributed by atoms with Crippen LogP contribution < -0.4 is 14.2 Å². The van der Waals surface area contributed by atoms with Crippen LogP contribution in [0.1, 0.15) is 40.1 Å². The average Bonchev–Trinajstić information content (AvgIpc) is 2.95. The smallest absolute Gasteiger partial charge is 0.343 e. The number of carbonyl (C=O) groups is 2. The highest BCUT2D eigenvalue weighted by Crippen LogP contribution is 2.39. The Morgan fingerprint density at radius 3 is 2.56 bits per heavy atom. The number of methoxy groups -OCH3 is 1. The minimum atomic E-state index is -0.506. The van der Waals surface area contributed by atoms with Crippen LogP contribution in [-0.4, -0.2) is 18.9 Å². The maximum atomic E-state index is 12.4. The zero-order valence-electron chi connectivity index (χ0n) is 14.5. The van der Waals surface area contributed by atoms with Gasteiger partial charge in [0.05, 0.1) is 18.2 Å². The van der Waals surface area contributed by atoms with E-state index in [4.69, 9.17) is 14.2 Å². The van der Waals surface area contributed by atoms with Crippen LogP contribution in [0, 0.1) is 6.92 Å². The zero-order valence-corrected chi connectivity index (χ0v) is 14.5. The third-order valence-corrected chi connectivity index (χ3v) is 3.97. The fraction of sp³-hybridized carbons (Fsp3) is 0.200. The molecule has 0 fully saturated rings. The molecule has 2 aromatic carbocycles. The van der Waals surface area contributed by atoms with Gasteiger partial charge in [-0.15, -0.1) is 0 Å². The van der Waals surface area contributed by atoms with E-state index < -0.39 is 5.97 Å². The minimum Gasteiger partial charge on any atom is -0.497 e. The number of benzene rings is 2. The van der Waals surface area contributed by atoms with Crippen LogP contribution in [0.25, 0.3) is 0 Å². The van der Waals surface area contributed by atoms with Crippen LogP contribution >= 0.6 is 0 Å². The minimum absolute atomic E-state index is 0.149. The van der Waals surface area contributed by atoms with Crippen molar-refractivity contribution in [2.24, 2.45) is 0 Å². The Hall–Kier alpha value is -3.08. The van der Waals surface area contributed by atoms with E-state index >= 15 is 0 Å². The molecule has 1 heterocycles. The summed E-state index contributed by atoms with van der Waals surface area (Å²) in [5, 5.41) is 0. The number of allylic oxidation sites excluding steroid dienone is 2. The summed E-state index contributed by atoms with van der Waals surface area (Å²) in [6, 6.07) is 9.95. The predicted molar refractivity (Wildman–Crippen MR) is 92.5 cm³/mol. The number of esters is 1. The quantitative estimate of drug-likeness (QED) is 0.479. The lowest BCUT2D eigenvalue weighted by Gasteiger charge is -2.10. The van der Waals surface area contributed by atoms with E-state index in [1.54, 1.807) is 43.3 Å². The summed E-state index contributed by atoms with van der Waals surface area (Å²) in [6.45, 7) is 5.39. The lowest BCUT2D eigenvalue weighted by atomic mass is 10.1. The van der Waals surface area contributed by atoms with E-state index in [1.807, 2.05) is 13.8 Å². The van der Waals surface area contributed by atoms with Crippen molar-refractivity contribution in [3.8, 4) is 17.2 Å². The van der Waals surface area contributed by atoms with Gasteiger partial charge in [0.2, 0.25) is 5.78 Å². The van der Waals surface area contributed by atoms with Crippen LogP contribution in [0.4, 0.5) is 0 Å². The number of fused-ring (bicyclic) bond motifs is 1. The van der Waals surface area contributed by atoms with Crippen LogP contribution in [0.3, 0.4) is 0 Å². The van der Waals surface area contributed by atoms with Crippen molar-refractivity contribution in [3.05, 3.63) is 64.4 Å². The number of hydrogen-bond acceptors (Lipinski definition) is 5. The van der Waals surface area contributed by atoms with Crippen molar-refractivity contribution in [2.75, 3.05) is 7.11 Å². The first-order valence-corrected chi connectivity index (χ1v) is 7.82. The molecule has 0 amide bonds. The Kier molecular flexibility index (Phi) is 4.31. The van der Waals surface area contributed by atoms with Gasteiger partial charge in [0.1, 0.15) is 17.2 Å². The van der Waals surface area contributed by atoms with Gasteiger partial charge in [-0.25, -0.2) is 4.79 Å². The molecule has 0 saturated carbocycles. The molecule has 1 aliphatic heterocycles. The van der Waals surface area contributed by atoms with E-state index in [0.717, 1.165) is 5.57 Å². The maximum absolute atomic E-state index is 12.4. The first kappa shape index (κ1) is 16.8. The van der Waals surface area contributed by atoms with Gasteiger partial charge in [0.15, 0.2) is 5.76 Å². The molecule has 0 bridgehead atoms. The lowest BCUT2D eigenvalue weighted by molar-refractivity contribution is 0.0732. The van der Waals surface area contributed by atoms with Gasteiger partial charge < -0.3 is 14.2 Å². The number of ketones is 1. The topological polar surface area (TPSA) is 61.8 Å². The van der Waals surface area contributed by atoms with Crippen molar-refractivity contribution in [2.45, 2.75) is 20.8 Å². The largest absolute Gasteiger partial charge is 0.497 e.